The Hall–Kier alpha value is -2.21. The van der Waals surface area contributed by atoms with E-state index in [2.05, 4.69) is 0 Å². The third kappa shape index (κ3) is 5.32. The highest BCUT2D eigenvalue weighted by Gasteiger charge is 2.65. The lowest BCUT2D eigenvalue weighted by Crippen LogP contribution is -2.42. The lowest BCUT2D eigenvalue weighted by atomic mass is 9.66. The predicted molar refractivity (Wildman–Crippen MR) is 116 cm³/mol. The van der Waals surface area contributed by atoms with Gasteiger partial charge in [0.15, 0.2) is 0 Å². The van der Waals surface area contributed by atoms with E-state index in [4.69, 9.17) is 29.8 Å². The van der Waals surface area contributed by atoms with Crippen molar-refractivity contribution in [3.63, 3.8) is 0 Å². The standard InChI is InChI=1S/C10H16O4S.C10H16O4.CH2O3/c1-9(2)7-3-4-10(9,8(11)5-7)6-15(12,13)14;1-9(2)6(7(11)12)4-5-10(9,3)8(13)14;2-1(3)4/h7H,3-6H2,1-2H3,(H,12,13,14);6H,4-5H2,1-3H3,(H,11,12)(H,13,14);(H2,2,3,4). The Kier molecular flexibility index (Phi) is 8.04. The first-order chi connectivity index (χ1) is 14.7. The second-order valence-corrected chi connectivity index (χ2v) is 11.9. The summed E-state index contributed by atoms with van der Waals surface area (Å²) in [5.41, 5.74) is -2.73. The van der Waals surface area contributed by atoms with Crippen LogP contribution in [0.1, 0.15) is 66.7 Å². The largest absolute Gasteiger partial charge is 0.503 e. The molecule has 0 aromatic carbocycles. The minimum absolute atomic E-state index is 0.0152. The van der Waals surface area contributed by atoms with E-state index in [-0.39, 0.29) is 17.1 Å². The monoisotopic (exact) mass is 494 g/mol. The van der Waals surface area contributed by atoms with Crippen LogP contribution < -0.4 is 0 Å². The van der Waals surface area contributed by atoms with Crippen LogP contribution in [0.2, 0.25) is 0 Å². The maximum atomic E-state index is 11.9. The van der Waals surface area contributed by atoms with E-state index in [0.29, 0.717) is 25.7 Å². The number of Topliss-reactive ketones (excluding diaryl/α,β-unsaturated/α-hetero) is 1. The molecule has 3 aliphatic carbocycles. The topological polar surface area (TPSA) is 204 Å². The van der Waals surface area contributed by atoms with Gasteiger partial charge in [0.1, 0.15) is 5.78 Å². The summed E-state index contributed by atoms with van der Waals surface area (Å²) >= 11 is 0. The smallest absolute Gasteiger partial charge is 0.481 e. The van der Waals surface area contributed by atoms with Crippen LogP contribution in [-0.4, -0.2) is 63.0 Å². The van der Waals surface area contributed by atoms with Gasteiger partial charge in [-0.1, -0.05) is 27.7 Å². The van der Waals surface area contributed by atoms with Crippen molar-refractivity contribution in [2.24, 2.45) is 33.5 Å². The molecule has 0 radical (unpaired) electrons. The van der Waals surface area contributed by atoms with Crippen molar-refractivity contribution in [3.05, 3.63) is 0 Å². The summed E-state index contributed by atoms with van der Waals surface area (Å²) in [5.74, 6) is -2.44. The predicted octanol–water partition coefficient (Wildman–Crippen LogP) is 3.09. The van der Waals surface area contributed by atoms with E-state index >= 15 is 0 Å². The molecule has 11 nitrogen and oxygen atoms in total. The number of aliphatic carboxylic acids is 2. The van der Waals surface area contributed by atoms with Gasteiger partial charge in [0, 0.05) is 6.42 Å². The molecule has 4 unspecified atom stereocenters. The Morgan fingerprint density at radius 3 is 1.64 bits per heavy atom. The molecule has 0 heterocycles. The van der Waals surface area contributed by atoms with Gasteiger partial charge < -0.3 is 20.4 Å². The van der Waals surface area contributed by atoms with Crippen molar-refractivity contribution in [1.29, 1.82) is 0 Å². The second kappa shape index (κ2) is 9.21. The first-order valence-electron chi connectivity index (χ1n) is 10.5. The quantitative estimate of drug-likeness (QED) is 0.359. The van der Waals surface area contributed by atoms with E-state index in [9.17, 15) is 22.8 Å². The Bertz CT molecular complexity index is 916. The zero-order valence-electron chi connectivity index (χ0n) is 19.5. The Balaban J connectivity index is 0.000000285. The Morgan fingerprint density at radius 2 is 1.39 bits per heavy atom. The number of ketones is 1. The third-order valence-corrected chi connectivity index (χ3v) is 9.42. The molecule has 0 aromatic rings. The molecular weight excluding hydrogens is 460 g/mol. The maximum Gasteiger partial charge on any atom is 0.503 e. The highest BCUT2D eigenvalue weighted by molar-refractivity contribution is 7.85. The highest BCUT2D eigenvalue weighted by atomic mass is 32.2. The molecule has 4 atom stereocenters. The summed E-state index contributed by atoms with van der Waals surface area (Å²) in [7, 11) is -4.08. The Labute approximate surface area is 192 Å². The van der Waals surface area contributed by atoms with Crippen molar-refractivity contribution < 1.29 is 52.6 Å². The highest BCUT2D eigenvalue weighted by Crippen LogP contribution is 2.64. The van der Waals surface area contributed by atoms with E-state index in [1.807, 2.05) is 13.8 Å². The van der Waals surface area contributed by atoms with Crippen LogP contribution in [0.4, 0.5) is 4.79 Å². The molecule has 33 heavy (non-hydrogen) atoms. The molecule has 0 aromatic heterocycles. The summed E-state index contributed by atoms with van der Waals surface area (Å²) in [5, 5.41) is 32.0. The zero-order chi connectivity index (χ0) is 26.2. The lowest BCUT2D eigenvalue weighted by Gasteiger charge is -2.36. The number of carbonyl (C=O) groups excluding carboxylic acids is 1. The summed E-state index contributed by atoms with van der Waals surface area (Å²) < 4.78 is 31.0. The van der Waals surface area contributed by atoms with Gasteiger partial charge in [0.25, 0.3) is 10.1 Å². The fraction of sp³-hybridized carbons (Fsp3) is 0.810. The van der Waals surface area contributed by atoms with E-state index in [1.54, 1.807) is 20.8 Å². The van der Waals surface area contributed by atoms with Gasteiger partial charge in [0.05, 0.1) is 22.5 Å². The molecule has 12 heteroatoms. The second-order valence-electron chi connectivity index (χ2n) is 10.5. The summed E-state index contributed by atoms with van der Waals surface area (Å²) in [6.07, 6.45) is 1.03. The van der Waals surface area contributed by atoms with Crippen LogP contribution in [0.5, 0.6) is 0 Å². The van der Waals surface area contributed by atoms with Crippen LogP contribution in [0.3, 0.4) is 0 Å². The van der Waals surface area contributed by atoms with Crippen molar-refractivity contribution >= 4 is 34.0 Å². The molecule has 0 amide bonds. The molecule has 190 valence electrons. The molecule has 5 N–H and O–H groups in total. The van der Waals surface area contributed by atoms with Crippen LogP contribution in [0.15, 0.2) is 0 Å². The van der Waals surface area contributed by atoms with Crippen LogP contribution in [-0.2, 0) is 24.5 Å². The van der Waals surface area contributed by atoms with Crippen LogP contribution in [0.25, 0.3) is 0 Å². The summed E-state index contributed by atoms with van der Waals surface area (Å²) in [6, 6.07) is 0. The SMILES string of the molecule is CC1(C(=O)O)CCC(C(=O)O)C1(C)C.CC1(C)C2CCC1(CS(=O)(=O)O)C(=O)C2.O=C(O)O. The summed E-state index contributed by atoms with van der Waals surface area (Å²) in [4.78, 5) is 42.5. The molecule has 3 fully saturated rings. The molecule has 0 spiro atoms. The van der Waals surface area contributed by atoms with Gasteiger partial charge >= 0.3 is 18.1 Å². The molecule has 3 saturated carbocycles. The number of fused-ring (bicyclic) bond motifs is 2. The first kappa shape index (κ1) is 28.8. The third-order valence-electron chi connectivity index (χ3n) is 8.56. The average Bonchev–Trinajstić information content (AvgIpc) is 3.06. The van der Waals surface area contributed by atoms with Crippen LogP contribution in [0, 0.1) is 33.5 Å². The van der Waals surface area contributed by atoms with Crippen molar-refractivity contribution in [2.45, 2.75) is 66.7 Å². The molecule has 0 saturated heterocycles. The normalized spacial score (nSPS) is 33.3. The first-order valence-corrected chi connectivity index (χ1v) is 12.1. The molecule has 0 aliphatic heterocycles. The number of hydrogen-bond acceptors (Lipinski definition) is 6. The van der Waals surface area contributed by atoms with Crippen molar-refractivity contribution in [2.75, 3.05) is 5.75 Å². The molecule has 3 aliphatic rings. The van der Waals surface area contributed by atoms with Crippen molar-refractivity contribution in [1.82, 2.24) is 0 Å². The van der Waals surface area contributed by atoms with Gasteiger partial charge in [-0.25, -0.2) is 4.79 Å². The minimum Gasteiger partial charge on any atom is -0.481 e. The van der Waals surface area contributed by atoms with Crippen LogP contribution >= 0.6 is 0 Å². The van der Waals surface area contributed by atoms with Gasteiger partial charge in [-0.15, -0.1) is 0 Å². The van der Waals surface area contributed by atoms with E-state index < -0.39 is 56.1 Å². The summed E-state index contributed by atoms with van der Waals surface area (Å²) in [6.45, 7) is 8.99. The fourth-order valence-electron chi connectivity index (χ4n) is 5.73. The van der Waals surface area contributed by atoms with Crippen molar-refractivity contribution in [3.8, 4) is 0 Å². The van der Waals surface area contributed by atoms with E-state index in [0.717, 1.165) is 6.42 Å². The Morgan fingerprint density at radius 1 is 0.909 bits per heavy atom. The number of carboxylic acids is 2. The molecular formula is C21H34O11S. The number of carboxylic acid groups (broad SMARTS) is 4. The van der Waals surface area contributed by atoms with Gasteiger partial charge in [0.2, 0.25) is 0 Å². The average molecular weight is 495 g/mol. The number of rotatable bonds is 4. The fourth-order valence-corrected chi connectivity index (χ4v) is 7.03. The maximum absolute atomic E-state index is 11.9. The zero-order valence-corrected chi connectivity index (χ0v) is 20.3. The lowest BCUT2D eigenvalue weighted by molar-refractivity contribution is -0.157. The van der Waals surface area contributed by atoms with Gasteiger partial charge in [-0.2, -0.15) is 8.42 Å². The minimum atomic E-state index is -4.08. The van der Waals surface area contributed by atoms with Gasteiger partial charge in [-0.3, -0.25) is 18.9 Å². The van der Waals surface area contributed by atoms with E-state index in [1.165, 1.54) is 0 Å². The number of carbonyl (C=O) groups is 4. The molecule has 2 bridgehead atoms. The number of hydrogen-bond donors (Lipinski definition) is 5. The van der Waals surface area contributed by atoms with Gasteiger partial charge in [-0.05, 0) is 49.4 Å². The molecule has 3 rings (SSSR count).